The molecule has 0 saturated carbocycles. The molecule has 0 aliphatic carbocycles. The average molecular weight is 820 g/mol. The van der Waals surface area contributed by atoms with E-state index in [1.807, 2.05) is 48.5 Å². The first-order chi connectivity index (χ1) is 27.9. The third kappa shape index (κ3) is 11.5. The van der Waals surface area contributed by atoms with Gasteiger partial charge in [0.1, 0.15) is 36.3 Å². The zero-order valence-corrected chi connectivity index (χ0v) is 31.5. The van der Waals surface area contributed by atoms with E-state index in [0.717, 1.165) is 53.6 Å². The number of aromatic nitrogens is 1. The van der Waals surface area contributed by atoms with Crippen LogP contribution in [0, 0.1) is 12.7 Å². The van der Waals surface area contributed by atoms with Gasteiger partial charge in [0.15, 0.2) is 5.78 Å². The van der Waals surface area contributed by atoms with Crippen LogP contribution in [-0.4, -0.2) is 27.2 Å². The van der Waals surface area contributed by atoms with Crippen LogP contribution in [0.1, 0.15) is 68.4 Å². The standard InChI is InChI=1S/C26H19F4NO3.C19H17F3O3/c1-16-7-11-23(31(16)19-9-10-22(27)20(14-19)25(32)33)21-13-18(26(28,29)30)8-12-24(21)34-15-17-5-3-2-4-6-17;1-13(23)7-9-17(24)16-11-15(19(20,21)22)8-10-18(16)25-12-14-5-3-2-4-6-14/h2-14H,15H2,1H3,(H,32,33);2-6,8,10-11H,7,9,12H2,1H3. The lowest BCUT2D eigenvalue weighted by Gasteiger charge is -2.18. The summed E-state index contributed by atoms with van der Waals surface area (Å²) in [5, 5.41) is 9.30. The highest BCUT2D eigenvalue weighted by Gasteiger charge is 2.33. The van der Waals surface area contributed by atoms with Crippen LogP contribution in [0.5, 0.6) is 11.5 Å². The maximum absolute atomic E-state index is 14.0. The van der Waals surface area contributed by atoms with E-state index in [9.17, 15) is 50.2 Å². The number of carbonyl (C=O) groups is 3. The number of Topliss-reactive ketones (excluding diaryl/α,β-unsaturated/α-hetero) is 2. The number of aryl methyl sites for hydroxylation is 1. The molecule has 7 nitrogen and oxygen atoms in total. The van der Waals surface area contributed by atoms with Gasteiger partial charge in [-0.3, -0.25) is 4.79 Å². The Morgan fingerprint density at radius 1 is 0.627 bits per heavy atom. The highest BCUT2D eigenvalue weighted by molar-refractivity contribution is 6.00. The number of hydrogen-bond donors (Lipinski definition) is 1. The van der Waals surface area contributed by atoms with Gasteiger partial charge < -0.3 is 23.9 Å². The number of alkyl halides is 6. The zero-order chi connectivity index (χ0) is 42.9. The Bertz CT molecular complexity index is 2420. The molecule has 0 spiro atoms. The van der Waals surface area contributed by atoms with Crippen molar-refractivity contribution in [1.82, 2.24) is 4.57 Å². The fraction of sp³-hybridized carbons (Fsp3) is 0.178. The first-order valence-electron chi connectivity index (χ1n) is 17.9. The minimum Gasteiger partial charge on any atom is -0.488 e. The molecule has 1 N–H and O–H groups in total. The van der Waals surface area contributed by atoms with E-state index >= 15 is 0 Å². The van der Waals surface area contributed by atoms with Crippen LogP contribution in [0.4, 0.5) is 30.7 Å². The molecular weight excluding hydrogens is 783 g/mol. The van der Waals surface area contributed by atoms with Gasteiger partial charge in [-0.25, -0.2) is 9.18 Å². The highest BCUT2D eigenvalue weighted by Crippen LogP contribution is 2.40. The van der Waals surface area contributed by atoms with Gasteiger partial charge in [0.2, 0.25) is 0 Å². The number of aromatic carboxylic acids is 1. The average Bonchev–Trinajstić information content (AvgIpc) is 3.59. The number of nitrogens with zero attached hydrogens (tertiary/aromatic N) is 1. The lowest BCUT2D eigenvalue weighted by Crippen LogP contribution is -2.10. The largest absolute Gasteiger partial charge is 0.488 e. The number of ketones is 2. The van der Waals surface area contributed by atoms with Gasteiger partial charge in [0.05, 0.1) is 27.9 Å². The third-order valence-electron chi connectivity index (χ3n) is 8.88. The van der Waals surface area contributed by atoms with Crippen molar-refractivity contribution < 1.29 is 59.7 Å². The number of halogens is 7. The number of carbonyl (C=O) groups excluding carboxylic acids is 2. The summed E-state index contributed by atoms with van der Waals surface area (Å²) in [5.41, 5.74) is 0.597. The van der Waals surface area contributed by atoms with Crippen LogP contribution in [0.2, 0.25) is 0 Å². The van der Waals surface area contributed by atoms with Crippen LogP contribution >= 0.6 is 0 Å². The van der Waals surface area contributed by atoms with E-state index in [2.05, 4.69) is 0 Å². The first kappa shape index (κ1) is 43.4. The van der Waals surface area contributed by atoms with Gasteiger partial charge in [0.25, 0.3) is 0 Å². The van der Waals surface area contributed by atoms with Crippen LogP contribution < -0.4 is 9.47 Å². The summed E-state index contributed by atoms with van der Waals surface area (Å²) < 4.78 is 106. The molecule has 6 rings (SSSR count). The number of carboxylic acid groups (broad SMARTS) is 1. The van der Waals surface area contributed by atoms with Crippen molar-refractivity contribution in [3.05, 3.63) is 172 Å². The Morgan fingerprint density at radius 3 is 1.71 bits per heavy atom. The molecule has 0 radical (unpaired) electrons. The monoisotopic (exact) mass is 819 g/mol. The Labute approximate surface area is 334 Å². The first-order valence-corrected chi connectivity index (χ1v) is 17.9. The van der Waals surface area contributed by atoms with Crippen molar-refractivity contribution in [3.63, 3.8) is 0 Å². The van der Waals surface area contributed by atoms with E-state index < -0.39 is 46.6 Å². The summed E-state index contributed by atoms with van der Waals surface area (Å²) in [7, 11) is 0. The molecule has 0 atom stereocenters. The molecule has 0 saturated heterocycles. The summed E-state index contributed by atoms with van der Waals surface area (Å²) in [4.78, 5) is 34.7. The number of rotatable bonds is 13. The zero-order valence-electron chi connectivity index (χ0n) is 31.5. The molecule has 1 aromatic heterocycles. The predicted octanol–water partition coefficient (Wildman–Crippen LogP) is 11.7. The van der Waals surface area contributed by atoms with E-state index in [1.54, 1.807) is 35.8 Å². The van der Waals surface area contributed by atoms with Gasteiger partial charge in [-0.2, -0.15) is 26.3 Å². The molecular formula is C45H36F7NO6. The van der Waals surface area contributed by atoms with Gasteiger partial charge >= 0.3 is 18.3 Å². The summed E-state index contributed by atoms with van der Waals surface area (Å²) in [6.45, 7) is 3.30. The van der Waals surface area contributed by atoms with Crippen LogP contribution in [0.25, 0.3) is 16.9 Å². The smallest absolute Gasteiger partial charge is 0.416 e. The molecule has 0 aliphatic rings. The van der Waals surface area contributed by atoms with Crippen molar-refractivity contribution >= 4 is 17.5 Å². The van der Waals surface area contributed by atoms with Crippen LogP contribution in [0.15, 0.2) is 127 Å². The second-order valence-corrected chi connectivity index (χ2v) is 13.3. The molecule has 59 heavy (non-hydrogen) atoms. The molecule has 306 valence electrons. The fourth-order valence-corrected chi connectivity index (χ4v) is 5.89. The lowest BCUT2D eigenvalue weighted by molar-refractivity contribution is -0.138. The molecule has 0 bridgehead atoms. The normalized spacial score (nSPS) is 11.3. The Kier molecular flexibility index (Phi) is 13.8. The number of carboxylic acids is 1. The van der Waals surface area contributed by atoms with Crippen LogP contribution in [0.3, 0.4) is 0 Å². The highest BCUT2D eigenvalue weighted by atomic mass is 19.4. The molecule has 1 heterocycles. The number of hydrogen-bond acceptors (Lipinski definition) is 5. The molecule has 0 aliphatic heterocycles. The molecule has 6 aromatic rings. The van der Waals surface area contributed by atoms with Crippen molar-refractivity contribution in [3.8, 4) is 28.4 Å². The van der Waals surface area contributed by atoms with E-state index in [1.165, 1.54) is 19.1 Å². The Morgan fingerprint density at radius 2 is 1.17 bits per heavy atom. The Balaban J connectivity index is 0.000000236. The quantitative estimate of drug-likeness (QED) is 0.0921. The summed E-state index contributed by atoms with van der Waals surface area (Å²) in [6, 6.07) is 31.1. The van der Waals surface area contributed by atoms with E-state index in [-0.39, 0.29) is 54.5 Å². The predicted molar refractivity (Wildman–Crippen MR) is 205 cm³/mol. The molecule has 0 unspecified atom stereocenters. The van der Waals surface area contributed by atoms with Crippen molar-refractivity contribution in [2.24, 2.45) is 0 Å². The topological polar surface area (TPSA) is 94.8 Å². The second kappa shape index (κ2) is 18.7. The minimum atomic E-state index is -4.58. The maximum atomic E-state index is 14.0. The van der Waals surface area contributed by atoms with Crippen molar-refractivity contribution in [2.45, 2.75) is 52.3 Å². The van der Waals surface area contributed by atoms with E-state index in [4.69, 9.17) is 9.47 Å². The fourth-order valence-electron chi connectivity index (χ4n) is 5.89. The van der Waals surface area contributed by atoms with Crippen molar-refractivity contribution in [1.29, 1.82) is 0 Å². The molecule has 14 heteroatoms. The third-order valence-corrected chi connectivity index (χ3v) is 8.88. The van der Waals surface area contributed by atoms with Gasteiger partial charge in [0, 0.05) is 29.8 Å². The maximum Gasteiger partial charge on any atom is 0.416 e. The number of benzene rings is 5. The minimum absolute atomic E-state index is 0.0206. The second-order valence-electron chi connectivity index (χ2n) is 13.3. The lowest BCUT2D eigenvalue weighted by atomic mass is 10.0. The van der Waals surface area contributed by atoms with E-state index in [0.29, 0.717) is 17.1 Å². The SMILES string of the molecule is CC(=O)CCC(=O)c1cc(C(F)(F)F)ccc1OCc1ccccc1.Cc1ccc(-c2cc(C(F)(F)F)ccc2OCc2ccccc2)n1-c1ccc(F)c(C(=O)O)c1. The Hall–Kier alpha value is -6.70. The van der Waals surface area contributed by atoms with Gasteiger partial charge in [-0.1, -0.05) is 60.7 Å². The van der Waals surface area contributed by atoms with Crippen LogP contribution in [-0.2, 0) is 30.4 Å². The summed E-state index contributed by atoms with van der Waals surface area (Å²) >= 11 is 0. The van der Waals surface area contributed by atoms with Gasteiger partial charge in [-0.05, 0) is 91.7 Å². The number of ether oxygens (including phenoxy) is 2. The van der Waals surface area contributed by atoms with Gasteiger partial charge in [-0.15, -0.1) is 0 Å². The summed E-state index contributed by atoms with van der Waals surface area (Å²) in [6.07, 6.45) is -9.31. The molecule has 0 amide bonds. The van der Waals surface area contributed by atoms with Crippen molar-refractivity contribution in [2.75, 3.05) is 0 Å². The molecule has 5 aromatic carbocycles. The molecule has 0 fully saturated rings. The summed E-state index contributed by atoms with van der Waals surface area (Å²) in [5.74, 6) is -2.82.